The van der Waals surface area contributed by atoms with Crippen molar-refractivity contribution in [1.29, 1.82) is 0 Å². The summed E-state index contributed by atoms with van der Waals surface area (Å²) in [6.45, 7) is 9.02. The Morgan fingerprint density at radius 2 is 1.74 bits per heavy atom. The number of ether oxygens (including phenoxy) is 2. The molecule has 2 aromatic rings. The number of aromatic amines is 1. The molecule has 0 aliphatic rings. The summed E-state index contributed by atoms with van der Waals surface area (Å²) in [6, 6.07) is 6.58. The SMILES string of the molecule is CCCOc1ccc(C(=O)O[C@@H](C)C(=O)c2[nH]c(C)c(C(C)=O)c2C)cc1. The predicted octanol–water partition coefficient (Wildman–Crippen LogP) is 4.05. The van der Waals surface area contributed by atoms with Gasteiger partial charge in [-0.05, 0) is 63.9 Å². The highest BCUT2D eigenvalue weighted by atomic mass is 16.5. The van der Waals surface area contributed by atoms with Crippen LogP contribution in [0.1, 0.15) is 69.7 Å². The van der Waals surface area contributed by atoms with Gasteiger partial charge < -0.3 is 14.5 Å². The van der Waals surface area contributed by atoms with Crippen molar-refractivity contribution in [2.24, 2.45) is 0 Å². The van der Waals surface area contributed by atoms with Crippen LogP contribution in [-0.4, -0.2) is 35.2 Å². The van der Waals surface area contributed by atoms with Crippen molar-refractivity contribution in [3.63, 3.8) is 0 Å². The van der Waals surface area contributed by atoms with Gasteiger partial charge in [0.25, 0.3) is 0 Å². The van der Waals surface area contributed by atoms with Gasteiger partial charge >= 0.3 is 5.97 Å². The van der Waals surface area contributed by atoms with Crippen LogP contribution in [0.15, 0.2) is 24.3 Å². The number of aromatic nitrogens is 1. The summed E-state index contributed by atoms with van der Waals surface area (Å²) in [6.07, 6.45) is -0.0862. The lowest BCUT2D eigenvalue weighted by atomic mass is 10.0. The van der Waals surface area contributed by atoms with Gasteiger partial charge in [0.2, 0.25) is 5.78 Å². The number of Topliss-reactive ketones (excluding diaryl/α,β-unsaturated/α-hetero) is 2. The highest BCUT2D eigenvalue weighted by Gasteiger charge is 2.26. The van der Waals surface area contributed by atoms with E-state index in [1.54, 1.807) is 38.1 Å². The lowest BCUT2D eigenvalue weighted by Gasteiger charge is -2.12. The number of carbonyl (C=O) groups is 3. The Morgan fingerprint density at radius 1 is 1.11 bits per heavy atom. The number of benzene rings is 1. The normalized spacial score (nSPS) is 11.7. The molecular formula is C21H25NO5. The number of ketones is 2. The second-order valence-electron chi connectivity index (χ2n) is 6.47. The van der Waals surface area contributed by atoms with Crippen molar-refractivity contribution >= 4 is 17.5 Å². The maximum absolute atomic E-state index is 12.7. The van der Waals surface area contributed by atoms with Crippen LogP contribution in [0.4, 0.5) is 0 Å². The van der Waals surface area contributed by atoms with Crippen LogP contribution < -0.4 is 4.74 Å². The fraction of sp³-hybridized carbons (Fsp3) is 0.381. The monoisotopic (exact) mass is 371 g/mol. The lowest BCUT2D eigenvalue weighted by Crippen LogP contribution is -2.25. The fourth-order valence-electron chi connectivity index (χ4n) is 2.92. The van der Waals surface area contributed by atoms with Crippen LogP contribution in [-0.2, 0) is 4.74 Å². The molecular weight excluding hydrogens is 346 g/mol. The number of hydrogen-bond donors (Lipinski definition) is 1. The second-order valence-corrected chi connectivity index (χ2v) is 6.47. The first-order valence-electron chi connectivity index (χ1n) is 8.94. The highest BCUT2D eigenvalue weighted by Crippen LogP contribution is 2.21. The maximum atomic E-state index is 12.7. The Kier molecular flexibility index (Phi) is 6.55. The summed E-state index contributed by atoms with van der Waals surface area (Å²) in [5.41, 5.74) is 2.33. The smallest absolute Gasteiger partial charge is 0.338 e. The molecule has 1 aromatic carbocycles. The topological polar surface area (TPSA) is 85.5 Å². The van der Waals surface area contributed by atoms with E-state index in [1.165, 1.54) is 13.8 Å². The van der Waals surface area contributed by atoms with Gasteiger partial charge in [-0.3, -0.25) is 9.59 Å². The highest BCUT2D eigenvalue weighted by molar-refractivity contribution is 6.05. The molecule has 1 aromatic heterocycles. The first-order chi connectivity index (χ1) is 12.8. The van der Waals surface area contributed by atoms with Crippen LogP contribution in [0.3, 0.4) is 0 Å². The molecule has 0 fully saturated rings. The van der Waals surface area contributed by atoms with E-state index in [1.807, 2.05) is 6.92 Å². The van der Waals surface area contributed by atoms with Crippen LogP contribution >= 0.6 is 0 Å². The molecule has 0 amide bonds. The third-order valence-electron chi connectivity index (χ3n) is 4.25. The summed E-state index contributed by atoms with van der Waals surface area (Å²) < 4.78 is 10.8. The molecule has 6 heteroatoms. The van der Waals surface area contributed by atoms with E-state index in [4.69, 9.17) is 9.47 Å². The average Bonchev–Trinajstić information content (AvgIpc) is 2.93. The van der Waals surface area contributed by atoms with Gasteiger partial charge in [-0.15, -0.1) is 0 Å². The molecule has 0 spiro atoms. The Balaban J connectivity index is 2.09. The van der Waals surface area contributed by atoms with E-state index in [0.717, 1.165) is 6.42 Å². The third-order valence-corrected chi connectivity index (χ3v) is 4.25. The molecule has 0 radical (unpaired) electrons. The zero-order valence-corrected chi connectivity index (χ0v) is 16.3. The molecule has 0 bridgehead atoms. The van der Waals surface area contributed by atoms with Gasteiger partial charge in [0.05, 0.1) is 17.9 Å². The summed E-state index contributed by atoms with van der Waals surface area (Å²) in [7, 11) is 0. The fourth-order valence-corrected chi connectivity index (χ4v) is 2.92. The van der Waals surface area contributed by atoms with E-state index in [0.29, 0.717) is 40.4 Å². The minimum absolute atomic E-state index is 0.115. The van der Waals surface area contributed by atoms with Crippen molar-refractivity contribution in [3.05, 3.63) is 52.3 Å². The molecule has 0 saturated heterocycles. The Bertz CT molecular complexity index is 848. The average molecular weight is 371 g/mol. The third kappa shape index (κ3) is 4.64. The second kappa shape index (κ2) is 8.66. The number of carbonyl (C=O) groups excluding carboxylic acids is 3. The number of aryl methyl sites for hydroxylation is 1. The summed E-state index contributed by atoms with van der Waals surface area (Å²) in [5.74, 6) is -0.410. The molecule has 27 heavy (non-hydrogen) atoms. The van der Waals surface area contributed by atoms with Crippen LogP contribution in [0.5, 0.6) is 5.75 Å². The molecule has 1 heterocycles. The van der Waals surface area contributed by atoms with Crippen molar-refractivity contribution in [2.75, 3.05) is 6.61 Å². The number of hydrogen-bond acceptors (Lipinski definition) is 5. The Morgan fingerprint density at radius 3 is 2.26 bits per heavy atom. The first kappa shape index (κ1) is 20.4. The molecule has 1 N–H and O–H groups in total. The lowest BCUT2D eigenvalue weighted by molar-refractivity contribution is 0.0317. The van der Waals surface area contributed by atoms with Crippen LogP contribution in [0.25, 0.3) is 0 Å². The molecule has 1 atom stereocenters. The van der Waals surface area contributed by atoms with Crippen LogP contribution in [0, 0.1) is 13.8 Å². The molecule has 144 valence electrons. The van der Waals surface area contributed by atoms with Gasteiger partial charge in [0, 0.05) is 11.3 Å². The minimum Gasteiger partial charge on any atom is -0.494 e. The Labute approximate surface area is 158 Å². The zero-order chi connectivity index (χ0) is 20.1. The van der Waals surface area contributed by atoms with E-state index >= 15 is 0 Å². The molecule has 6 nitrogen and oxygen atoms in total. The number of nitrogens with one attached hydrogen (secondary N) is 1. The zero-order valence-electron chi connectivity index (χ0n) is 16.3. The quantitative estimate of drug-likeness (QED) is 0.559. The van der Waals surface area contributed by atoms with Gasteiger partial charge in [0.1, 0.15) is 5.75 Å². The molecule has 0 aliphatic heterocycles. The summed E-state index contributed by atoms with van der Waals surface area (Å²) >= 11 is 0. The van der Waals surface area contributed by atoms with Crippen molar-refractivity contribution < 1.29 is 23.9 Å². The number of rotatable bonds is 8. The molecule has 0 unspecified atom stereocenters. The van der Waals surface area contributed by atoms with Gasteiger partial charge in [-0.1, -0.05) is 6.92 Å². The molecule has 2 rings (SSSR count). The molecule has 0 saturated carbocycles. The van der Waals surface area contributed by atoms with E-state index < -0.39 is 12.1 Å². The van der Waals surface area contributed by atoms with Crippen molar-refractivity contribution in [2.45, 2.75) is 47.1 Å². The predicted molar refractivity (Wildman–Crippen MR) is 102 cm³/mol. The summed E-state index contributed by atoms with van der Waals surface area (Å²) in [4.78, 5) is 39.6. The largest absolute Gasteiger partial charge is 0.494 e. The van der Waals surface area contributed by atoms with Gasteiger partial charge in [-0.25, -0.2) is 4.79 Å². The minimum atomic E-state index is -0.981. The number of esters is 1. The van der Waals surface area contributed by atoms with E-state index in [9.17, 15) is 14.4 Å². The van der Waals surface area contributed by atoms with E-state index in [-0.39, 0.29) is 11.6 Å². The van der Waals surface area contributed by atoms with Gasteiger partial charge in [0.15, 0.2) is 11.9 Å². The first-order valence-corrected chi connectivity index (χ1v) is 8.94. The standard InChI is InChI=1S/C21H25NO5/c1-6-11-26-17-9-7-16(8-10-17)21(25)27-15(5)20(24)19-12(2)18(14(4)23)13(3)22-19/h7-10,15,22H,6,11H2,1-5H3/t15-/m0/s1. The van der Waals surface area contributed by atoms with Gasteiger partial charge in [-0.2, -0.15) is 0 Å². The summed E-state index contributed by atoms with van der Waals surface area (Å²) in [5, 5.41) is 0. The van der Waals surface area contributed by atoms with Crippen molar-refractivity contribution in [1.82, 2.24) is 4.98 Å². The Hall–Kier alpha value is -2.89. The van der Waals surface area contributed by atoms with Crippen molar-refractivity contribution in [3.8, 4) is 5.75 Å². The maximum Gasteiger partial charge on any atom is 0.338 e. The van der Waals surface area contributed by atoms with Crippen LogP contribution in [0.2, 0.25) is 0 Å². The molecule has 0 aliphatic carbocycles. The number of H-pyrrole nitrogens is 1. The van der Waals surface area contributed by atoms with E-state index in [2.05, 4.69) is 4.98 Å².